The Kier molecular flexibility index (Phi) is 4.48. The molecule has 0 fully saturated rings. The summed E-state index contributed by atoms with van der Waals surface area (Å²) in [4.78, 5) is 0. The van der Waals surface area contributed by atoms with Crippen LogP contribution in [-0.4, -0.2) is 18.7 Å². The summed E-state index contributed by atoms with van der Waals surface area (Å²) >= 11 is 5.93. The van der Waals surface area contributed by atoms with E-state index in [4.69, 9.17) is 16.7 Å². The molecule has 0 aliphatic heterocycles. The maximum Gasteiger partial charge on any atom is 0.0682 e. The van der Waals surface area contributed by atoms with E-state index in [9.17, 15) is 0 Å². The molecule has 74 valence electrons. The van der Waals surface area contributed by atoms with Crippen molar-refractivity contribution in [1.82, 2.24) is 5.32 Å². The van der Waals surface area contributed by atoms with Crippen molar-refractivity contribution in [1.29, 1.82) is 0 Å². The molecule has 1 aromatic carbocycles. The third-order valence-corrected chi connectivity index (χ3v) is 2.03. The van der Waals surface area contributed by atoms with Crippen LogP contribution in [0.1, 0.15) is 11.1 Å². The lowest BCUT2D eigenvalue weighted by atomic mass is 10.1. The van der Waals surface area contributed by atoms with Gasteiger partial charge in [-0.05, 0) is 24.7 Å². The lowest BCUT2D eigenvalue weighted by molar-refractivity contribution is 0.282. The zero-order chi connectivity index (χ0) is 10.4. The molecule has 0 radical (unpaired) electrons. The summed E-state index contributed by atoms with van der Waals surface area (Å²) < 4.78 is 0. The maximum atomic E-state index is 8.92. The van der Waals surface area contributed by atoms with Crippen LogP contribution in [0.15, 0.2) is 18.2 Å². The molecule has 0 saturated carbocycles. The van der Waals surface area contributed by atoms with Crippen molar-refractivity contribution in [2.75, 3.05) is 13.6 Å². The van der Waals surface area contributed by atoms with Crippen LogP contribution in [0.5, 0.6) is 0 Å². The molecule has 1 rings (SSSR count). The molecule has 0 aliphatic carbocycles. The van der Waals surface area contributed by atoms with Crippen LogP contribution in [0.2, 0.25) is 5.02 Å². The number of rotatable bonds is 2. The van der Waals surface area contributed by atoms with E-state index in [0.717, 1.165) is 11.1 Å². The number of hydrogen-bond acceptors (Lipinski definition) is 2. The number of benzene rings is 1. The molecular formula is C11H12ClNO. The molecule has 2 N–H and O–H groups in total. The van der Waals surface area contributed by atoms with Gasteiger partial charge in [0.1, 0.15) is 0 Å². The van der Waals surface area contributed by atoms with E-state index < -0.39 is 0 Å². The van der Waals surface area contributed by atoms with Gasteiger partial charge in [0.2, 0.25) is 0 Å². The van der Waals surface area contributed by atoms with Gasteiger partial charge in [-0.2, -0.15) is 0 Å². The average molecular weight is 210 g/mol. The normalized spacial score (nSPS) is 9.36. The van der Waals surface area contributed by atoms with Crippen molar-refractivity contribution in [2.45, 2.75) is 6.61 Å². The third kappa shape index (κ3) is 3.04. The van der Waals surface area contributed by atoms with Gasteiger partial charge < -0.3 is 10.4 Å². The summed E-state index contributed by atoms with van der Waals surface area (Å²) in [6.45, 7) is 0.636. The fraction of sp³-hybridized carbons (Fsp3) is 0.273. The van der Waals surface area contributed by atoms with Gasteiger partial charge in [-0.1, -0.05) is 29.5 Å². The molecular weight excluding hydrogens is 198 g/mol. The van der Waals surface area contributed by atoms with E-state index in [1.807, 2.05) is 7.05 Å². The predicted molar refractivity (Wildman–Crippen MR) is 58.2 cm³/mol. The molecule has 0 unspecified atom stereocenters. The van der Waals surface area contributed by atoms with Crippen molar-refractivity contribution in [2.24, 2.45) is 0 Å². The van der Waals surface area contributed by atoms with E-state index in [0.29, 0.717) is 11.6 Å². The quantitative estimate of drug-likeness (QED) is 0.722. The molecule has 1 aromatic rings. The molecule has 0 amide bonds. The summed E-state index contributed by atoms with van der Waals surface area (Å²) in [6, 6.07) is 5.33. The van der Waals surface area contributed by atoms with Crippen LogP contribution < -0.4 is 5.32 Å². The van der Waals surface area contributed by atoms with Gasteiger partial charge in [-0.3, -0.25) is 0 Å². The zero-order valence-corrected chi connectivity index (χ0v) is 8.73. The number of nitrogens with one attached hydrogen (secondary N) is 1. The van der Waals surface area contributed by atoms with E-state index in [1.54, 1.807) is 18.2 Å². The van der Waals surface area contributed by atoms with E-state index in [2.05, 4.69) is 17.2 Å². The Balaban J connectivity index is 2.91. The molecule has 0 atom stereocenters. The van der Waals surface area contributed by atoms with Crippen molar-refractivity contribution in [3.63, 3.8) is 0 Å². The highest BCUT2D eigenvalue weighted by atomic mass is 35.5. The van der Waals surface area contributed by atoms with Crippen LogP contribution in [0.4, 0.5) is 0 Å². The van der Waals surface area contributed by atoms with Gasteiger partial charge in [0, 0.05) is 5.56 Å². The Morgan fingerprint density at radius 3 is 2.93 bits per heavy atom. The van der Waals surface area contributed by atoms with Gasteiger partial charge in [0.15, 0.2) is 0 Å². The van der Waals surface area contributed by atoms with E-state index in [1.165, 1.54) is 0 Å². The second-order valence-corrected chi connectivity index (χ2v) is 3.21. The Morgan fingerprint density at radius 1 is 1.50 bits per heavy atom. The van der Waals surface area contributed by atoms with Gasteiger partial charge >= 0.3 is 0 Å². The lowest BCUT2D eigenvalue weighted by Crippen LogP contribution is -2.04. The van der Waals surface area contributed by atoms with Gasteiger partial charge in [-0.15, -0.1) is 0 Å². The summed E-state index contributed by atoms with van der Waals surface area (Å²) in [7, 11) is 1.83. The highest BCUT2D eigenvalue weighted by Gasteiger charge is 1.97. The Labute approximate surface area is 88.9 Å². The van der Waals surface area contributed by atoms with Crippen molar-refractivity contribution in [3.05, 3.63) is 34.3 Å². The Hall–Kier alpha value is -1.01. The summed E-state index contributed by atoms with van der Waals surface area (Å²) in [6.07, 6.45) is 0. The summed E-state index contributed by atoms with van der Waals surface area (Å²) in [5.74, 6) is 5.85. The first kappa shape index (κ1) is 11.1. The molecule has 0 aliphatic rings. The highest BCUT2D eigenvalue weighted by Crippen LogP contribution is 2.16. The molecule has 0 aromatic heterocycles. The predicted octanol–water partition coefficient (Wildman–Crippen LogP) is 1.40. The number of aliphatic hydroxyl groups excluding tert-OH is 1. The second kappa shape index (κ2) is 5.66. The first-order valence-electron chi connectivity index (χ1n) is 4.30. The minimum atomic E-state index is 0.0118. The smallest absolute Gasteiger partial charge is 0.0682 e. The molecule has 2 nitrogen and oxygen atoms in total. The van der Waals surface area contributed by atoms with Crippen LogP contribution in [0, 0.1) is 11.8 Å². The van der Waals surface area contributed by atoms with Gasteiger partial charge in [0.25, 0.3) is 0 Å². The molecule has 0 saturated heterocycles. The standard InChI is InChI=1S/C11H12ClNO/c1-13-6-2-3-10-7-9(8-14)4-5-11(10)12/h4-5,7,13-14H,6,8H2,1H3. The van der Waals surface area contributed by atoms with Gasteiger partial charge in [-0.25, -0.2) is 0 Å². The van der Waals surface area contributed by atoms with Crippen LogP contribution in [0.25, 0.3) is 0 Å². The number of halogens is 1. The first-order valence-corrected chi connectivity index (χ1v) is 4.68. The van der Waals surface area contributed by atoms with Gasteiger partial charge in [0.05, 0.1) is 18.2 Å². The molecule has 14 heavy (non-hydrogen) atoms. The summed E-state index contributed by atoms with van der Waals surface area (Å²) in [5, 5.41) is 12.5. The third-order valence-electron chi connectivity index (χ3n) is 1.70. The monoisotopic (exact) mass is 209 g/mol. The number of aliphatic hydroxyl groups is 1. The lowest BCUT2D eigenvalue weighted by Gasteiger charge is -1.99. The van der Waals surface area contributed by atoms with Crippen molar-refractivity contribution < 1.29 is 5.11 Å². The molecule has 0 heterocycles. The van der Waals surface area contributed by atoms with E-state index in [-0.39, 0.29) is 6.61 Å². The largest absolute Gasteiger partial charge is 0.392 e. The minimum absolute atomic E-state index is 0.0118. The SMILES string of the molecule is CNCC#Cc1cc(CO)ccc1Cl. The second-order valence-electron chi connectivity index (χ2n) is 2.80. The molecule has 3 heteroatoms. The molecule has 0 bridgehead atoms. The Bertz CT molecular complexity index is 365. The minimum Gasteiger partial charge on any atom is -0.392 e. The zero-order valence-electron chi connectivity index (χ0n) is 7.97. The number of hydrogen-bond donors (Lipinski definition) is 2. The topological polar surface area (TPSA) is 32.3 Å². The molecule has 0 spiro atoms. The van der Waals surface area contributed by atoms with Crippen LogP contribution in [0.3, 0.4) is 0 Å². The van der Waals surface area contributed by atoms with Crippen LogP contribution in [-0.2, 0) is 6.61 Å². The van der Waals surface area contributed by atoms with Crippen LogP contribution >= 0.6 is 11.6 Å². The Morgan fingerprint density at radius 2 is 2.29 bits per heavy atom. The van der Waals surface area contributed by atoms with Crippen molar-refractivity contribution in [3.8, 4) is 11.8 Å². The summed E-state index contributed by atoms with van der Waals surface area (Å²) in [5.41, 5.74) is 1.58. The van der Waals surface area contributed by atoms with E-state index >= 15 is 0 Å². The maximum absolute atomic E-state index is 8.92. The highest BCUT2D eigenvalue weighted by molar-refractivity contribution is 6.31. The fourth-order valence-corrected chi connectivity index (χ4v) is 1.16. The fourth-order valence-electron chi connectivity index (χ4n) is 0.994. The van der Waals surface area contributed by atoms with Crippen molar-refractivity contribution >= 4 is 11.6 Å². The average Bonchev–Trinajstić information content (AvgIpc) is 2.21. The first-order chi connectivity index (χ1) is 6.77.